The summed E-state index contributed by atoms with van der Waals surface area (Å²) < 4.78 is 60.1. The third-order valence-electron chi connectivity index (χ3n) is 1.92. The smallest absolute Gasteiger partial charge is 0.293 e. The molecule has 98 valence electrons. The van der Waals surface area contributed by atoms with Crippen LogP contribution in [0, 0.1) is 0 Å². The first kappa shape index (κ1) is 14.2. The van der Waals surface area contributed by atoms with E-state index >= 15 is 0 Å². The van der Waals surface area contributed by atoms with Crippen molar-refractivity contribution in [2.75, 3.05) is 0 Å². The van der Waals surface area contributed by atoms with E-state index in [-0.39, 0.29) is 6.54 Å². The third-order valence-corrected chi connectivity index (χ3v) is 3.08. The van der Waals surface area contributed by atoms with Crippen molar-refractivity contribution in [1.29, 1.82) is 0 Å². The Balaban J connectivity index is 3.30. The van der Waals surface area contributed by atoms with Crippen LogP contribution in [0.2, 0.25) is 0 Å². The van der Waals surface area contributed by atoms with Gasteiger partial charge in [0.25, 0.3) is 14.2 Å². The first-order valence-corrected chi connectivity index (χ1v) is 6.94. The third kappa shape index (κ3) is 3.32. The van der Waals surface area contributed by atoms with E-state index in [2.05, 4.69) is 10.2 Å². The second kappa shape index (κ2) is 4.81. The molecule has 1 rings (SSSR count). The highest BCUT2D eigenvalue weighted by molar-refractivity contribution is 8.13. The van der Waals surface area contributed by atoms with Gasteiger partial charge in [-0.15, -0.1) is 10.2 Å². The van der Waals surface area contributed by atoms with E-state index in [0.29, 0.717) is 17.4 Å². The maximum Gasteiger partial charge on any atom is 0.451 e. The van der Waals surface area contributed by atoms with Gasteiger partial charge in [-0.25, -0.2) is 8.42 Å². The summed E-state index contributed by atoms with van der Waals surface area (Å²) >= 11 is 0. The largest absolute Gasteiger partial charge is 0.451 e. The second-order valence-corrected chi connectivity index (χ2v) is 5.71. The van der Waals surface area contributed by atoms with Crippen molar-refractivity contribution in [2.45, 2.75) is 37.6 Å². The molecule has 0 amide bonds. The van der Waals surface area contributed by atoms with Crippen LogP contribution < -0.4 is 0 Å². The molecule has 0 aliphatic rings. The Hall–Kier alpha value is -0.830. The molecular weight excluding hydrogens is 283 g/mol. The highest BCUT2D eigenvalue weighted by Crippen LogP contribution is 2.30. The number of nitrogens with zero attached hydrogens (tertiary/aromatic N) is 3. The van der Waals surface area contributed by atoms with Crippen LogP contribution in [0.5, 0.6) is 0 Å². The van der Waals surface area contributed by atoms with E-state index in [1.54, 1.807) is 6.92 Å². The predicted molar refractivity (Wildman–Crippen MR) is 53.0 cm³/mol. The molecule has 0 spiro atoms. The summed E-state index contributed by atoms with van der Waals surface area (Å²) in [4.78, 5) is 0. The molecule has 1 aromatic heterocycles. The minimum atomic E-state index is -4.76. The van der Waals surface area contributed by atoms with Crippen LogP contribution in [0.1, 0.15) is 25.6 Å². The Bertz CT molecular complexity index is 497. The Morgan fingerprint density at radius 1 is 1.35 bits per heavy atom. The number of unbranched alkanes of at least 4 members (excludes halogenated alkanes) is 1. The van der Waals surface area contributed by atoms with Crippen LogP contribution in [-0.4, -0.2) is 23.2 Å². The van der Waals surface area contributed by atoms with E-state index in [1.165, 1.54) is 0 Å². The molecule has 0 aliphatic heterocycles. The number of hydrogen-bond donors (Lipinski definition) is 0. The van der Waals surface area contributed by atoms with E-state index in [0.717, 1.165) is 0 Å². The fourth-order valence-electron chi connectivity index (χ4n) is 1.20. The van der Waals surface area contributed by atoms with E-state index in [1.807, 2.05) is 0 Å². The zero-order chi connectivity index (χ0) is 13.3. The van der Waals surface area contributed by atoms with Gasteiger partial charge in [0.1, 0.15) is 0 Å². The Morgan fingerprint density at radius 3 is 2.35 bits per heavy atom. The Morgan fingerprint density at radius 2 is 1.94 bits per heavy atom. The number of halogens is 4. The number of rotatable bonds is 4. The second-order valence-electron chi connectivity index (χ2n) is 3.25. The molecular formula is C7H9ClF3N3O2S. The first-order valence-electron chi connectivity index (χ1n) is 4.63. The molecule has 17 heavy (non-hydrogen) atoms. The van der Waals surface area contributed by atoms with E-state index in [9.17, 15) is 21.6 Å². The highest BCUT2D eigenvalue weighted by Gasteiger charge is 2.40. The number of aromatic nitrogens is 3. The van der Waals surface area contributed by atoms with Crippen molar-refractivity contribution in [3.05, 3.63) is 5.82 Å². The molecule has 0 atom stereocenters. The topological polar surface area (TPSA) is 64.8 Å². The lowest BCUT2D eigenvalue weighted by molar-refractivity contribution is -0.147. The van der Waals surface area contributed by atoms with Crippen LogP contribution in [0.4, 0.5) is 13.2 Å². The molecule has 0 aliphatic carbocycles. The van der Waals surface area contributed by atoms with Crippen LogP contribution in [0.15, 0.2) is 5.16 Å². The summed E-state index contributed by atoms with van der Waals surface area (Å²) in [5.74, 6) is -1.36. The van der Waals surface area contributed by atoms with Crippen molar-refractivity contribution in [3.63, 3.8) is 0 Å². The summed E-state index contributed by atoms with van der Waals surface area (Å²) in [6.07, 6.45) is -3.81. The maximum atomic E-state index is 12.5. The Kier molecular flexibility index (Phi) is 4.03. The highest BCUT2D eigenvalue weighted by atomic mass is 35.7. The van der Waals surface area contributed by atoms with Gasteiger partial charge < -0.3 is 0 Å². The lowest BCUT2D eigenvalue weighted by Gasteiger charge is -2.09. The number of hydrogen-bond acceptors (Lipinski definition) is 4. The summed E-state index contributed by atoms with van der Waals surface area (Å²) in [6.45, 7) is 1.60. The average Bonchev–Trinajstić information content (AvgIpc) is 2.56. The van der Waals surface area contributed by atoms with E-state index < -0.39 is 26.2 Å². The summed E-state index contributed by atoms with van der Waals surface area (Å²) in [5.41, 5.74) is 0. The van der Waals surface area contributed by atoms with Crippen molar-refractivity contribution >= 4 is 19.7 Å². The SMILES string of the molecule is CCCCn1c(C(F)(F)F)nnc1S(=O)(=O)Cl. The van der Waals surface area contributed by atoms with E-state index in [4.69, 9.17) is 10.7 Å². The quantitative estimate of drug-likeness (QED) is 0.796. The predicted octanol–water partition coefficient (Wildman–Crippen LogP) is 2.02. The molecule has 0 saturated heterocycles. The minimum Gasteiger partial charge on any atom is -0.293 e. The average molecular weight is 292 g/mol. The Labute approximate surface area is 100 Å². The fraction of sp³-hybridized carbons (Fsp3) is 0.714. The van der Waals surface area contributed by atoms with Crippen molar-refractivity contribution in [3.8, 4) is 0 Å². The van der Waals surface area contributed by atoms with Crippen molar-refractivity contribution in [1.82, 2.24) is 14.8 Å². The maximum absolute atomic E-state index is 12.5. The molecule has 0 aromatic carbocycles. The standard InChI is InChI=1S/C7H9ClF3N3O2S/c1-2-3-4-14-5(7(9,10)11)12-13-6(14)17(8,15)16/h2-4H2,1H3. The molecule has 10 heteroatoms. The van der Waals surface area contributed by atoms with Gasteiger partial charge in [-0.2, -0.15) is 13.2 Å². The van der Waals surface area contributed by atoms with Gasteiger partial charge in [0.15, 0.2) is 0 Å². The zero-order valence-electron chi connectivity index (χ0n) is 8.70. The first-order chi connectivity index (χ1) is 7.68. The van der Waals surface area contributed by atoms with Gasteiger partial charge in [-0.3, -0.25) is 4.57 Å². The van der Waals surface area contributed by atoms with Crippen molar-refractivity contribution in [2.24, 2.45) is 0 Å². The molecule has 0 N–H and O–H groups in total. The molecule has 0 bridgehead atoms. The van der Waals surface area contributed by atoms with Gasteiger partial charge >= 0.3 is 6.18 Å². The van der Waals surface area contributed by atoms with Gasteiger partial charge in [0.2, 0.25) is 5.82 Å². The zero-order valence-corrected chi connectivity index (χ0v) is 10.3. The van der Waals surface area contributed by atoms with Gasteiger partial charge in [-0.05, 0) is 6.42 Å². The summed E-state index contributed by atoms with van der Waals surface area (Å²) in [6, 6.07) is 0. The summed E-state index contributed by atoms with van der Waals surface area (Å²) in [5, 5.41) is 4.94. The molecule has 0 radical (unpaired) electrons. The van der Waals surface area contributed by atoms with Crippen LogP contribution >= 0.6 is 10.7 Å². The molecule has 0 saturated carbocycles. The molecule has 5 nitrogen and oxygen atoms in total. The molecule has 0 fully saturated rings. The van der Waals surface area contributed by atoms with Gasteiger partial charge in [0, 0.05) is 17.2 Å². The van der Waals surface area contributed by atoms with Crippen LogP contribution in [0.3, 0.4) is 0 Å². The lowest BCUT2D eigenvalue weighted by atomic mass is 10.3. The van der Waals surface area contributed by atoms with Gasteiger partial charge in [0.05, 0.1) is 0 Å². The minimum absolute atomic E-state index is 0.153. The van der Waals surface area contributed by atoms with Crippen molar-refractivity contribution < 1.29 is 21.6 Å². The van der Waals surface area contributed by atoms with Crippen LogP contribution in [-0.2, 0) is 21.8 Å². The molecule has 0 unspecified atom stereocenters. The summed E-state index contributed by atoms with van der Waals surface area (Å²) in [7, 11) is 0.646. The van der Waals surface area contributed by atoms with Gasteiger partial charge in [-0.1, -0.05) is 13.3 Å². The fourth-order valence-corrected chi connectivity index (χ4v) is 2.12. The normalized spacial score (nSPS) is 13.0. The molecule has 1 heterocycles. The monoisotopic (exact) mass is 291 g/mol. The lowest BCUT2D eigenvalue weighted by Crippen LogP contribution is -2.17. The van der Waals surface area contributed by atoms with Crippen LogP contribution in [0.25, 0.3) is 0 Å². The molecule has 1 aromatic rings. The number of alkyl halides is 3.